The molecular weight excluding hydrogens is 252 g/mol. The first-order valence-corrected chi connectivity index (χ1v) is 7.10. The molecule has 1 aromatic carbocycles. The van der Waals surface area contributed by atoms with Gasteiger partial charge in [-0.2, -0.15) is 8.42 Å². The fourth-order valence-electron chi connectivity index (χ4n) is 1.71. The molecule has 0 aliphatic carbocycles. The molecule has 0 saturated carbocycles. The Balaban J connectivity index is 2.19. The third kappa shape index (κ3) is 2.49. The number of rotatable bonds is 4. The third-order valence-electron chi connectivity index (χ3n) is 2.74. The average molecular weight is 268 g/mol. The van der Waals surface area contributed by atoms with E-state index in [2.05, 4.69) is 0 Å². The van der Waals surface area contributed by atoms with Gasteiger partial charge in [-0.15, -0.1) is 0 Å². The van der Waals surface area contributed by atoms with Crippen LogP contribution in [0.5, 0.6) is 0 Å². The lowest BCUT2D eigenvalue weighted by Gasteiger charge is -2.28. The zero-order valence-electron chi connectivity index (χ0n) is 10.4. The van der Waals surface area contributed by atoms with Gasteiger partial charge in [0.1, 0.15) is 0 Å². The van der Waals surface area contributed by atoms with Crippen molar-refractivity contribution in [2.75, 3.05) is 13.6 Å². The summed E-state index contributed by atoms with van der Waals surface area (Å²) in [7, 11) is -1.97. The normalized spacial score (nSPS) is 19.6. The van der Waals surface area contributed by atoms with Crippen molar-refractivity contribution in [3.8, 4) is 0 Å². The molecule has 0 spiro atoms. The molecule has 0 fully saturated rings. The molecule has 0 aromatic heterocycles. The first-order chi connectivity index (χ1) is 8.54. The number of benzene rings is 1. The summed E-state index contributed by atoms with van der Waals surface area (Å²) >= 11 is 0. The van der Waals surface area contributed by atoms with Crippen molar-refractivity contribution < 1.29 is 12.6 Å². The molecule has 5 nitrogen and oxygen atoms in total. The molecule has 0 amide bonds. The second kappa shape index (κ2) is 4.99. The van der Waals surface area contributed by atoms with Gasteiger partial charge >= 0.3 is 0 Å². The van der Waals surface area contributed by atoms with Gasteiger partial charge in [0.2, 0.25) is 6.35 Å². The van der Waals surface area contributed by atoms with E-state index in [0.29, 0.717) is 6.54 Å². The summed E-state index contributed by atoms with van der Waals surface area (Å²) in [6, 6.07) is 8.15. The highest BCUT2D eigenvalue weighted by Gasteiger charge is 2.29. The number of hydrogen-bond donors (Lipinski definition) is 0. The quantitative estimate of drug-likeness (QED) is 0.773. The molecule has 2 rings (SSSR count). The van der Waals surface area contributed by atoms with Crippen molar-refractivity contribution in [3.63, 3.8) is 0 Å². The molecule has 1 aromatic rings. The number of hydrogen-bond acceptors (Lipinski definition) is 5. The van der Waals surface area contributed by atoms with Gasteiger partial charge in [0.05, 0.1) is 4.90 Å². The topological polar surface area (TPSA) is 49.9 Å². The van der Waals surface area contributed by atoms with E-state index in [1.54, 1.807) is 41.2 Å². The van der Waals surface area contributed by atoms with Crippen LogP contribution in [-0.4, -0.2) is 38.2 Å². The maximum Gasteiger partial charge on any atom is 0.300 e. The molecule has 1 aliphatic heterocycles. The fourth-order valence-corrected chi connectivity index (χ4v) is 2.79. The molecule has 0 radical (unpaired) electrons. The third-order valence-corrected chi connectivity index (χ3v) is 4.01. The van der Waals surface area contributed by atoms with Crippen LogP contribution in [0.4, 0.5) is 0 Å². The summed E-state index contributed by atoms with van der Waals surface area (Å²) in [5, 5.41) is 0. The zero-order valence-corrected chi connectivity index (χ0v) is 11.2. The first kappa shape index (κ1) is 12.9. The van der Waals surface area contributed by atoms with Gasteiger partial charge in [0, 0.05) is 26.0 Å². The lowest BCUT2D eigenvalue weighted by molar-refractivity contribution is -0.00573. The van der Waals surface area contributed by atoms with Crippen LogP contribution < -0.4 is 0 Å². The highest BCUT2D eigenvalue weighted by molar-refractivity contribution is 7.86. The molecule has 0 saturated heterocycles. The summed E-state index contributed by atoms with van der Waals surface area (Å²) in [5.74, 6) is 0. The summed E-state index contributed by atoms with van der Waals surface area (Å²) in [5.41, 5.74) is 0. The van der Waals surface area contributed by atoms with Crippen molar-refractivity contribution in [2.45, 2.75) is 18.2 Å². The van der Waals surface area contributed by atoms with Crippen LogP contribution in [0.15, 0.2) is 47.6 Å². The maximum absolute atomic E-state index is 12.1. The molecule has 1 atom stereocenters. The largest absolute Gasteiger partial charge is 0.336 e. The lowest BCUT2D eigenvalue weighted by Crippen LogP contribution is -2.40. The highest BCUT2D eigenvalue weighted by Crippen LogP contribution is 2.20. The van der Waals surface area contributed by atoms with Gasteiger partial charge in [-0.1, -0.05) is 18.2 Å². The van der Waals surface area contributed by atoms with Crippen LogP contribution in [0, 0.1) is 0 Å². The Bertz CT molecular complexity index is 528. The monoisotopic (exact) mass is 268 g/mol. The van der Waals surface area contributed by atoms with Crippen LogP contribution in [0.3, 0.4) is 0 Å². The molecular formula is C12H16N2O3S. The van der Waals surface area contributed by atoms with E-state index in [9.17, 15) is 8.42 Å². The Hall–Kier alpha value is -1.53. The zero-order chi connectivity index (χ0) is 13.2. The first-order valence-electron chi connectivity index (χ1n) is 5.69. The lowest BCUT2D eigenvalue weighted by atomic mass is 10.4. The van der Waals surface area contributed by atoms with Crippen LogP contribution in [-0.2, 0) is 14.3 Å². The second-order valence-corrected chi connectivity index (χ2v) is 5.56. The highest BCUT2D eigenvalue weighted by atomic mass is 32.2. The summed E-state index contributed by atoms with van der Waals surface area (Å²) < 4.78 is 29.4. The van der Waals surface area contributed by atoms with E-state index < -0.39 is 16.5 Å². The molecule has 6 heteroatoms. The van der Waals surface area contributed by atoms with E-state index in [-0.39, 0.29) is 4.90 Å². The van der Waals surface area contributed by atoms with E-state index in [4.69, 9.17) is 4.18 Å². The molecule has 1 heterocycles. The molecule has 1 aliphatic rings. The summed E-state index contributed by atoms with van der Waals surface area (Å²) in [4.78, 5) is 3.69. The minimum atomic E-state index is -3.74. The van der Waals surface area contributed by atoms with Crippen molar-refractivity contribution in [1.82, 2.24) is 9.80 Å². The Morgan fingerprint density at radius 2 is 1.89 bits per heavy atom. The Labute approximate surface area is 107 Å². The van der Waals surface area contributed by atoms with Gasteiger partial charge in [0.25, 0.3) is 10.1 Å². The van der Waals surface area contributed by atoms with Crippen molar-refractivity contribution in [2.24, 2.45) is 0 Å². The van der Waals surface area contributed by atoms with Crippen molar-refractivity contribution in [1.29, 1.82) is 0 Å². The van der Waals surface area contributed by atoms with E-state index in [0.717, 1.165) is 0 Å². The van der Waals surface area contributed by atoms with Crippen LogP contribution >= 0.6 is 0 Å². The van der Waals surface area contributed by atoms with Crippen LogP contribution in [0.1, 0.15) is 6.92 Å². The average Bonchev–Trinajstić information content (AvgIpc) is 2.71. The molecule has 98 valence electrons. The van der Waals surface area contributed by atoms with Gasteiger partial charge in [-0.25, -0.2) is 4.18 Å². The van der Waals surface area contributed by atoms with E-state index >= 15 is 0 Å². The van der Waals surface area contributed by atoms with Crippen molar-refractivity contribution >= 4 is 10.1 Å². The van der Waals surface area contributed by atoms with E-state index in [1.807, 2.05) is 13.1 Å². The maximum atomic E-state index is 12.1. The number of nitrogens with zero attached hydrogens (tertiary/aromatic N) is 2. The van der Waals surface area contributed by atoms with Gasteiger partial charge in [0.15, 0.2) is 0 Å². The molecule has 0 N–H and O–H groups in total. The van der Waals surface area contributed by atoms with Gasteiger partial charge in [-0.3, -0.25) is 0 Å². The van der Waals surface area contributed by atoms with Gasteiger partial charge in [-0.05, 0) is 19.1 Å². The molecule has 0 bridgehead atoms. The molecule has 18 heavy (non-hydrogen) atoms. The minimum Gasteiger partial charge on any atom is -0.336 e. The van der Waals surface area contributed by atoms with E-state index in [1.165, 1.54) is 12.1 Å². The second-order valence-electron chi connectivity index (χ2n) is 3.98. The van der Waals surface area contributed by atoms with Crippen LogP contribution in [0.25, 0.3) is 0 Å². The predicted octanol–water partition coefficient (Wildman–Crippen LogP) is 1.41. The molecule has 1 unspecified atom stereocenters. The van der Waals surface area contributed by atoms with Crippen LogP contribution in [0.2, 0.25) is 0 Å². The van der Waals surface area contributed by atoms with Crippen molar-refractivity contribution in [3.05, 3.63) is 42.7 Å². The SMILES string of the molecule is CCN1C=CN(C)C1OS(=O)(=O)c1ccccc1. The van der Waals surface area contributed by atoms with Gasteiger partial charge < -0.3 is 9.80 Å². The Morgan fingerprint density at radius 1 is 1.22 bits per heavy atom. The summed E-state index contributed by atoms with van der Waals surface area (Å²) in [6.45, 7) is 2.62. The standard InChI is InChI=1S/C12H16N2O3S/c1-3-14-10-9-13(2)12(14)17-18(15,16)11-7-5-4-6-8-11/h4-10,12H,3H2,1-2H3. The predicted molar refractivity (Wildman–Crippen MR) is 67.8 cm³/mol. The Kier molecular flexibility index (Phi) is 3.58. The smallest absolute Gasteiger partial charge is 0.300 e. The Morgan fingerprint density at radius 3 is 2.50 bits per heavy atom. The fraction of sp³-hybridized carbons (Fsp3) is 0.333. The summed E-state index contributed by atoms with van der Waals surface area (Å²) in [6.07, 6.45) is 2.99. The minimum absolute atomic E-state index is 0.168.